The van der Waals surface area contributed by atoms with Crippen LogP contribution in [0.4, 0.5) is 0 Å². The summed E-state index contributed by atoms with van der Waals surface area (Å²) in [4.78, 5) is 5.22. The summed E-state index contributed by atoms with van der Waals surface area (Å²) in [7, 11) is -1.54. The molecule has 0 aromatic carbocycles. The Labute approximate surface area is 215 Å². The Bertz CT molecular complexity index is 565. The molecule has 0 aliphatic carbocycles. The van der Waals surface area contributed by atoms with Crippen molar-refractivity contribution in [3.8, 4) is 0 Å². The van der Waals surface area contributed by atoms with E-state index in [-0.39, 0.29) is 6.61 Å². The third-order valence-corrected chi connectivity index (χ3v) is 8.34. The second-order valence-electron chi connectivity index (χ2n) is 7.91. The zero-order valence-corrected chi connectivity index (χ0v) is 23.4. The van der Waals surface area contributed by atoms with Crippen LogP contribution in [0.25, 0.3) is 20.9 Å². The van der Waals surface area contributed by atoms with Gasteiger partial charge in [-0.2, -0.15) is 0 Å². The van der Waals surface area contributed by atoms with Crippen LogP contribution in [0.15, 0.2) is 10.2 Å². The van der Waals surface area contributed by atoms with Crippen molar-refractivity contribution in [3.05, 3.63) is 20.9 Å². The van der Waals surface area contributed by atoms with Gasteiger partial charge in [-0.15, -0.1) is 0 Å². The third-order valence-electron chi connectivity index (χ3n) is 4.61. The quantitative estimate of drug-likeness (QED) is 0.0603. The lowest BCUT2D eigenvalue weighted by Crippen LogP contribution is -2.35. The monoisotopic (exact) mass is 538 g/mol. The minimum Gasteiger partial charge on any atom is -0.415 e. The van der Waals surface area contributed by atoms with Gasteiger partial charge in [0.25, 0.3) is 0 Å². The van der Waals surface area contributed by atoms with E-state index < -0.39 is 8.32 Å². The van der Waals surface area contributed by atoms with E-state index in [1.807, 2.05) is 0 Å². The fourth-order valence-corrected chi connectivity index (χ4v) is 2.92. The first-order valence-electron chi connectivity index (χ1n) is 12.1. The molecule has 36 heavy (non-hydrogen) atoms. The summed E-state index contributed by atoms with van der Waals surface area (Å²) >= 11 is 0. The zero-order valence-electron chi connectivity index (χ0n) is 22.4. The van der Waals surface area contributed by atoms with E-state index in [9.17, 15) is 0 Å². The molecule has 0 spiro atoms. The lowest BCUT2D eigenvalue weighted by Gasteiger charge is -2.26. The van der Waals surface area contributed by atoms with Crippen LogP contribution in [-0.2, 0) is 32.8 Å². The highest BCUT2D eigenvalue weighted by molar-refractivity contribution is 6.72. The van der Waals surface area contributed by atoms with Crippen LogP contribution in [0.1, 0.15) is 13.8 Å². The van der Waals surface area contributed by atoms with Crippen molar-refractivity contribution in [1.82, 2.24) is 0 Å². The van der Waals surface area contributed by atoms with Crippen LogP contribution in [0.5, 0.6) is 0 Å². The maximum absolute atomic E-state index is 8.39. The molecule has 0 heterocycles. The van der Waals surface area contributed by atoms with E-state index in [1.54, 1.807) is 0 Å². The molecular weight excluding hydrogens is 492 g/mol. The smallest absolute Gasteiger partial charge is 0.189 e. The molecule has 0 fully saturated rings. The molecule has 0 amide bonds. The first kappa shape index (κ1) is 36.7. The van der Waals surface area contributed by atoms with Gasteiger partial charge in [-0.3, -0.25) is 0 Å². The molecule has 0 aliphatic rings. The lowest BCUT2D eigenvalue weighted by molar-refractivity contribution is 0.00889. The van der Waals surface area contributed by atoms with E-state index in [0.29, 0.717) is 105 Å². The molecule has 0 atom stereocenters. The average molecular weight is 539 g/mol. The fourth-order valence-electron chi connectivity index (χ4n) is 1.98. The highest BCUT2D eigenvalue weighted by Gasteiger charge is 2.26. The molecule has 0 saturated carbocycles. The van der Waals surface area contributed by atoms with Crippen molar-refractivity contribution >= 4 is 8.32 Å². The molecule has 0 unspecified atom stereocenters. The summed E-state index contributed by atoms with van der Waals surface area (Å²) in [5, 5.41) is 15.1. The maximum Gasteiger partial charge on any atom is 0.189 e. The number of azide groups is 2. The Kier molecular flexibility index (Phi) is 30.3. The second kappa shape index (κ2) is 29.7. The number of nitrogens with zero attached hydrogens (tertiary/aromatic N) is 6. The van der Waals surface area contributed by atoms with Crippen LogP contribution in [0.2, 0.25) is 18.6 Å². The summed E-state index contributed by atoms with van der Waals surface area (Å²) in [6, 6.07) is 0. The standard InChI is InChI=1S/C13H29N3O4Si.C8H17N3O4/c1-13(2)21(3,4)20-12-11-19-10-9-18-8-7-17-6-5-15-16-14;9-11-10-1-3-13-5-7-15-8-6-14-4-2-12/h13H,5-12H2,1-4H3;12H,1-8H2. The normalized spacial score (nSPS) is 10.9. The minimum absolute atomic E-state index is 0.0303. The number of hydrogen-bond acceptors (Lipinski definition) is 10. The first-order valence-corrected chi connectivity index (χ1v) is 15.1. The topological polar surface area (TPSA) is 182 Å². The van der Waals surface area contributed by atoms with Crippen molar-refractivity contribution in [2.45, 2.75) is 32.5 Å². The van der Waals surface area contributed by atoms with Gasteiger partial charge in [0.05, 0.1) is 92.5 Å². The highest BCUT2D eigenvalue weighted by atomic mass is 28.4. The van der Waals surface area contributed by atoms with Crippen molar-refractivity contribution in [2.75, 3.05) is 106 Å². The van der Waals surface area contributed by atoms with Crippen molar-refractivity contribution < 1.29 is 38.0 Å². The van der Waals surface area contributed by atoms with Gasteiger partial charge in [0.2, 0.25) is 0 Å². The van der Waals surface area contributed by atoms with Gasteiger partial charge in [0.15, 0.2) is 8.32 Å². The van der Waals surface area contributed by atoms with E-state index >= 15 is 0 Å². The van der Waals surface area contributed by atoms with Gasteiger partial charge in [0.1, 0.15) is 0 Å². The number of ether oxygens (including phenoxy) is 6. The van der Waals surface area contributed by atoms with Crippen LogP contribution >= 0.6 is 0 Å². The lowest BCUT2D eigenvalue weighted by atomic mass is 10.6. The Morgan fingerprint density at radius 3 is 1.28 bits per heavy atom. The summed E-state index contributed by atoms with van der Waals surface area (Å²) in [5.74, 6) is 0. The Morgan fingerprint density at radius 2 is 0.944 bits per heavy atom. The largest absolute Gasteiger partial charge is 0.415 e. The minimum atomic E-state index is -1.54. The molecule has 0 saturated heterocycles. The van der Waals surface area contributed by atoms with Gasteiger partial charge in [-0.25, -0.2) is 0 Å². The summed E-state index contributed by atoms with van der Waals surface area (Å²) in [6.07, 6.45) is 0. The molecule has 0 aromatic heterocycles. The van der Waals surface area contributed by atoms with Crippen LogP contribution in [0, 0.1) is 0 Å². The molecule has 0 aliphatic heterocycles. The number of aliphatic hydroxyl groups is 1. The van der Waals surface area contributed by atoms with Gasteiger partial charge in [0, 0.05) is 22.9 Å². The van der Waals surface area contributed by atoms with Crippen LogP contribution < -0.4 is 0 Å². The summed E-state index contributed by atoms with van der Waals surface area (Å²) < 4.78 is 37.1. The number of rotatable bonds is 25. The van der Waals surface area contributed by atoms with Crippen molar-refractivity contribution in [2.24, 2.45) is 10.2 Å². The summed E-state index contributed by atoms with van der Waals surface area (Å²) in [5.41, 5.74) is 16.6. The maximum atomic E-state index is 8.39. The molecule has 212 valence electrons. The van der Waals surface area contributed by atoms with Gasteiger partial charge in [-0.05, 0) is 29.7 Å². The Hall–Kier alpha value is -1.48. The highest BCUT2D eigenvalue weighted by Crippen LogP contribution is 2.20. The fraction of sp³-hybridized carbons (Fsp3) is 1.00. The third kappa shape index (κ3) is 30.5. The molecular formula is C21H46N6O8Si. The van der Waals surface area contributed by atoms with E-state index in [4.69, 9.17) is 49.0 Å². The van der Waals surface area contributed by atoms with E-state index in [2.05, 4.69) is 47.0 Å². The molecule has 1 N–H and O–H groups in total. The molecule has 15 heteroatoms. The van der Waals surface area contributed by atoms with Crippen LogP contribution in [0.3, 0.4) is 0 Å². The van der Waals surface area contributed by atoms with Gasteiger partial charge < -0.3 is 38.0 Å². The van der Waals surface area contributed by atoms with E-state index in [1.165, 1.54) is 0 Å². The SMILES string of the molecule is CC(C)[Si](C)(C)OCCOCCOCCOCCN=[N+]=[N-].[N-]=[N+]=NCCOCCOCCOCCO. The molecule has 0 rings (SSSR count). The molecule has 0 radical (unpaired) electrons. The van der Waals surface area contributed by atoms with Crippen molar-refractivity contribution in [3.63, 3.8) is 0 Å². The Balaban J connectivity index is 0. The van der Waals surface area contributed by atoms with Gasteiger partial charge >= 0.3 is 0 Å². The number of hydrogen-bond donors (Lipinski definition) is 1. The van der Waals surface area contributed by atoms with Crippen LogP contribution in [-0.4, -0.2) is 119 Å². The second-order valence-corrected chi connectivity index (χ2v) is 12.6. The van der Waals surface area contributed by atoms with E-state index in [0.717, 1.165) is 0 Å². The summed E-state index contributed by atoms with van der Waals surface area (Å²) in [6.45, 7) is 16.1. The number of aliphatic hydroxyl groups excluding tert-OH is 1. The van der Waals surface area contributed by atoms with Crippen molar-refractivity contribution in [1.29, 1.82) is 0 Å². The molecule has 0 bridgehead atoms. The Morgan fingerprint density at radius 1 is 0.611 bits per heavy atom. The molecule has 14 nitrogen and oxygen atoms in total. The first-order chi connectivity index (χ1) is 17.4. The average Bonchev–Trinajstić information content (AvgIpc) is 2.85. The molecule has 0 aromatic rings. The zero-order chi connectivity index (χ0) is 27.2. The van der Waals surface area contributed by atoms with Gasteiger partial charge in [-0.1, -0.05) is 24.1 Å². The predicted molar refractivity (Wildman–Crippen MR) is 139 cm³/mol. The predicted octanol–water partition coefficient (Wildman–Crippen LogP) is 3.32.